The van der Waals surface area contributed by atoms with Crippen molar-refractivity contribution in [3.05, 3.63) is 52.0 Å². The lowest BCUT2D eigenvalue weighted by atomic mass is 9.99. The van der Waals surface area contributed by atoms with Crippen molar-refractivity contribution in [2.24, 2.45) is 7.05 Å². The Labute approximate surface area is 122 Å². The van der Waals surface area contributed by atoms with E-state index in [1.165, 1.54) is 18.3 Å². The molecule has 0 radical (unpaired) electrons. The molecule has 0 aliphatic carbocycles. The largest absolute Gasteiger partial charge is 0.416 e. The number of benzene rings is 1. The van der Waals surface area contributed by atoms with Crippen LogP contribution < -0.4 is 0 Å². The maximum absolute atomic E-state index is 13.0. The average Bonchev–Trinajstić information content (AvgIpc) is 2.73. The minimum absolute atomic E-state index is 0.0220. The standard InChI is InChI=1S/C13H12BrF3N2O/c1-19-5-4-18-12(19)7-11(20)9-3-2-8(14)6-10(9)13(15,16)17/h2-6,11,20H,7H2,1H3. The molecule has 0 bridgehead atoms. The Balaban J connectivity index is 2.35. The van der Waals surface area contributed by atoms with Crippen LogP contribution in [-0.4, -0.2) is 14.7 Å². The zero-order valence-corrected chi connectivity index (χ0v) is 12.1. The second-order valence-electron chi connectivity index (χ2n) is 4.40. The Bertz CT molecular complexity index is 610. The third kappa shape index (κ3) is 3.21. The van der Waals surface area contributed by atoms with Crippen molar-refractivity contribution in [2.45, 2.75) is 18.7 Å². The summed E-state index contributed by atoms with van der Waals surface area (Å²) in [6.45, 7) is 0. The maximum atomic E-state index is 13.0. The Morgan fingerprint density at radius 1 is 1.40 bits per heavy atom. The SMILES string of the molecule is Cn1ccnc1CC(O)c1ccc(Br)cc1C(F)(F)F. The molecule has 3 nitrogen and oxygen atoms in total. The van der Waals surface area contributed by atoms with Gasteiger partial charge in [0.2, 0.25) is 0 Å². The Kier molecular flexibility index (Phi) is 4.19. The van der Waals surface area contributed by atoms with Crippen LogP contribution in [0.3, 0.4) is 0 Å². The van der Waals surface area contributed by atoms with Gasteiger partial charge in [-0.3, -0.25) is 0 Å². The van der Waals surface area contributed by atoms with Crippen LogP contribution in [0.2, 0.25) is 0 Å². The summed E-state index contributed by atoms with van der Waals surface area (Å²) in [6.07, 6.45) is -2.54. The van der Waals surface area contributed by atoms with Gasteiger partial charge in [-0.15, -0.1) is 0 Å². The van der Waals surface area contributed by atoms with Gasteiger partial charge in [-0.1, -0.05) is 22.0 Å². The predicted molar refractivity (Wildman–Crippen MR) is 71.0 cm³/mol. The molecule has 0 spiro atoms. The quantitative estimate of drug-likeness (QED) is 0.922. The fraction of sp³-hybridized carbons (Fsp3) is 0.308. The summed E-state index contributed by atoms with van der Waals surface area (Å²) in [5, 5.41) is 10.1. The number of imidazole rings is 1. The molecule has 0 aliphatic rings. The van der Waals surface area contributed by atoms with E-state index in [9.17, 15) is 18.3 Å². The smallest absolute Gasteiger partial charge is 0.388 e. The molecule has 0 aliphatic heterocycles. The van der Waals surface area contributed by atoms with Crippen molar-refractivity contribution >= 4 is 15.9 Å². The molecule has 0 fully saturated rings. The fourth-order valence-electron chi connectivity index (χ4n) is 1.94. The molecular formula is C13H12BrF3N2O. The first-order valence-electron chi connectivity index (χ1n) is 5.80. The van der Waals surface area contributed by atoms with E-state index in [0.717, 1.165) is 6.07 Å². The zero-order chi connectivity index (χ0) is 14.9. The highest BCUT2D eigenvalue weighted by Gasteiger charge is 2.35. The number of alkyl halides is 3. The van der Waals surface area contributed by atoms with Crippen LogP contribution >= 0.6 is 15.9 Å². The summed E-state index contributed by atoms with van der Waals surface area (Å²) < 4.78 is 41.0. The molecule has 108 valence electrons. The summed E-state index contributed by atoms with van der Waals surface area (Å²) >= 11 is 3.01. The van der Waals surface area contributed by atoms with E-state index in [4.69, 9.17) is 0 Å². The molecule has 1 aromatic heterocycles. The number of aryl methyl sites for hydroxylation is 1. The first kappa shape index (κ1) is 15.1. The van der Waals surface area contributed by atoms with Gasteiger partial charge in [0.15, 0.2) is 0 Å². The van der Waals surface area contributed by atoms with Crippen molar-refractivity contribution in [3.63, 3.8) is 0 Å². The van der Waals surface area contributed by atoms with Crippen molar-refractivity contribution < 1.29 is 18.3 Å². The number of hydrogen-bond acceptors (Lipinski definition) is 2. The number of aliphatic hydroxyl groups excluding tert-OH is 1. The van der Waals surface area contributed by atoms with E-state index >= 15 is 0 Å². The summed E-state index contributed by atoms with van der Waals surface area (Å²) in [5.74, 6) is 0.522. The van der Waals surface area contributed by atoms with E-state index in [0.29, 0.717) is 10.3 Å². The number of nitrogens with zero attached hydrogens (tertiary/aromatic N) is 2. The van der Waals surface area contributed by atoms with Crippen LogP contribution in [0.25, 0.3) is 0 Å². The second-order valence-corrected chi connectivity index (χ2v) is 5.32. The van der Waals surface area contributed by atoms with Gasteiger partial charge in [0, 0.05) is 30.3 Å². The number of rotatable bonds is 3. The van der Waals surface area contributed by atoms with Gasteiger partial charge in [-0.25, -0.2) is 4.98 Å². The van der Waals surface area contributed by atoms with E-state index < -0.39 is 17.8 Å². The molecule has 1 unspecified atom stereocenters. The summed E-state index contributed by atoms with van der Waals surface area (Å²) in [6, 6.07) is 3.73. The molecule has 1 atom stereocenters. The van der Waals surface area contributed by atoms with Crippen molar-refractivity contribution in [3.8, 4) is 0 Å². The van der Waals surface area contributed by atoms with Gasteiger partial charge in [-0.05, 0) is 17.7 Å². The number of aliphatic hydroxyl groups is 1. The predicted octanol–water partition coefficient (Wildman–Crippen LogP) is 3.48. The topological polar surface area (TPSA) is 38.0 Å². The van der Waals surface area contributed by atoms with Gasteiger partial charge >= 0.3 is 6.18 Å². The monoisotopic (exact) mass is 348 g/mol. The van der Waals surface area contributed by atoms with Crippen LogP contribution in [0, 0.1) is 0 Å². The van der Waals surface area contributed by atoms with Gasteiger partial charge in [-0.2, -0.15) is 13.2 Å². The van der Waals surface area contributed by atoms with E-state index in [-0.39, 0.29) is 12.0 Å². The lowest BCUT2D eigenvalue weighted by molar-refractivity contribution is -0.139. The average molecular weight is 349 g/mol. The number of aromatic nitrogens is 2. The summed E-state index contributed by atoms with van der Waals surface area (Å²) in [4.78, 5) is 4.00. The first-order chi connectivity index (χ1) is 9.29. The Hall–Kier alpha value is -1.34. The Morgan fingerprint density at radius 2 is 2.10 bits per heavy atom. The van der Waals surface area contributed by atoms with E-state index in [1.807, 2.05) is 0 Å². The highest BCUT2D eigenvalue weighted by molar-refractivity contribution is 9.10. The van der Waals surface area contributed by atoms with Crippen molar-refractivity contribution in [2.75, 3.05) is 0 Å². The molecule has 1 heterocycles. The summed E-state index contributed by atoms with van der Waals surface area (Å²) in [5.41, 5.74) is -0.989. The third-order valence-electron chi connectivity index (χ3n) is 2.98. The fourth-order valence-corrected chi connectivity index (χ4v) is 2.30. The van der Waals surface area contributed by atoms with Gasteiger partial charge in [0.05, 0.1) is 11.7 Å². The third-order valence-corrected chi connectivity index (χ3v) is 3.47. The Morgan fingerprint density at radius 3 is 2.65 bits per heavy atom. The van der Waals surface area contributed by atoms with Gasteiger partial charge < -0.3 is 9.67 Å². The second kappa shape index (κ2) is 5.57. The molecule has 20 heavy (non-hydrogen) atoms. The van der Waals surface area contributed by atoms with Crippen LogP contribution in [-0.2, 0) is 19.6 Å². The van der Waals surface area contributed by atoms with Crippen LogP contribution in [0.4, 0.5) is 13.2 Å². The first-order valence-corrected chi connectivity index (χ1v) is 6.59. The lowest BCUT2D eigenvalue weighted by Crippen LogP contribution is -2.14. The molecule has 7 heteroatoms. The van der Waals surface area contributed by atoms with Crippen LogP contribution in [0.5, 0.6) is 0 Å². The molecule has 2 aromatic rings. The van der Waals surface area contributed by atoms with Crippen LogP contribution in [0.15, 0.2) is 35.1 Å². The number of hydrogen-bond donors (Lipinski definition) is 1. The molecule has 2 rings (SSSR count). The molecular weight excluding hydrogens is 337 g/mol. The molecule has 0 amide bonds. The molecule has 1 aromatic carbocycles. The van der Waals surface area contributed by atoms with Gasteiger partial charge in [0.1, 0.15) is 5.82 Å². The normalized spacial score (nSPS) is 13.5. The van der Waals surface area contributed by atoms with Crippen molar-refractivity contribution in [1.82, 2.24) is 9.55 Å². The van der Waals surface area contributed by atoms with E-state index in [2.05, 4.69) is 20.9 Å². The lowest BCUT2D eigenvalue weighted by Gasteiger charge is -2.17. The van der Waals surface area contributed by atoms with Crippen LogP contribution in [0.1, 0.15) is 23.1 Å². The van der Waals surface area contributed by atoms with Crippen molar-refractivity contribution in [1.29, 1.82) is 0 Å². The highest BCUT2D eigenvalue weighted by Crippen LogP contribution is 2.37. The minimum atomic E-state index is -4.51. The molecule has 0 saturated heterocycles. The molecule has 1 N–H and O–H groups in total. The summed E-state index contributed by atoms with van der Waals surface area (Å²) in [7, 11) is 1.72. The van der Waals surface area contributed by atoms with E-state index in [1.54, 1.807) is 17.8 Å². The highest BCUT2D eigenvalue weighted by atomic mass is 79.9. The maximum Gasteiger partial charge on any atom is 0.416 e. The number of halogens is 4. The minimum Gasteiger partial charge on any atom is -0.388 e. The molecule has 0 saturated carbocycles. The zero-order valence-electron chi connectivity index (χ0n) is 10.5. The van der Waals surface area contributed by atoms with Gasteiger partial charge in [0.25, 0.3) is 0 Å².